The van der Waals surface area contributed by atoms with Crippen molar-refractivity contribution in [1.82, 2.24) is 0 Å². The molecule has 2 aliphatic rings. The SMILES string of the molecule is [2H]C1([2H])CC(C2CCCC2)C([2H])([2H])c2cccc(-c3c(C#N)ccc4c3oc3c(-c5cccc[n+]5C)c(C)ccc34)c21. The Kier molecular flexibility index (Phi) is 4.62. The quantitative estimate of drug-likeness (QED) is 0.234. The summed E-state index contributed by atoms with van der Waals surface area (Å²) in [4.78, 5) is 0. The zero-order chi connectivity index (χ0) is 29.4. The maximum Gasteiger partial charge on any atom is 0.216 e. The van der Waals surface area contributed by atoms with Crippen LogP contribution < -0.4 is 4.57 Å². The Bertz CT molecular complexity index is 1930. The lowest BCUT2D eigenvalue weighted by atomic mass is 9.74. The van der Waals surface area contributed by atoms with E-state index in [9.17, 15) is 10.7 Å². The molecule has 38 heavy (non-hydrogen) atoms. The molecular weight excluding hydrogens is 464 g/mol. The molecule has 0 aliphatic heterocycles. The lowest BCUT2D eigenvalue weighted by molar-refractivity contribution is -0.660. The third-order valence-corrected chi connectivity index (χ3v) is 8.59. The maximum atomic E-state index is 10.3. The minimum Gasteiger partial charge on any atom is -0.454 e. The highest BCUT2D eigenvalue weighted by atomic mass is 16.3. The first-order chi connectivity index (χ1) is 20.1. The van der Waals surface area contributed by atoms with Crippen molar-refractivity contribution in [3.63, 3.8) is 0 Å². The molecule has 5 aromatic rings. The average molecular weight is 502 g/mol. The Balaban J connectivity index is 1.53. The van der Waals surface area contributed by atoms with Crippen molar-refractivity contribution in [2.45, 2.75) is 51.8 Å². The topological polar surface area (TPSA) is 40.8 Å². The van der Waals surface area contributed by atoms with Gasteiger partial charge in [0.05, 0.1) is 17.2 Å². The fourth-order valence-electron chi connectivity index (χ4n) is 6.64. The summed E-state index contributed by atoms with van der Waals surface area (Å²) < 4.78 is 46.0. The van der Waals surface area contributed by atoms with Crippen molar-refractivity contribution in [3.05, 3.63) is 89.1 Å². The highest BCUT2D eigenvalue weighted by Gasteiger charge is 2.30. The van der Waals surface area contributed by atoms with Gasteiger partial charge in [-0.1, -0.05) is 56.0 Å². The van der Waals surface area contributed by atoms with Gasteiger partial charge in [-0.15, -0.1) is 0 Å². The third kappa shape index (κ3) is 3.58. The number of nitrogens with zero attached hydrogens (tertiary/aromatic N) is 2. The molecule has 0 radical (unpaired) electrons. The molecule has 0 spiro atoms. The zero-order valence-electron chi connectivity index (χ0n) is 25.8. The number of pyridine rings is 1. The molecule has 1 unspecified atom stereocenters. The first kappa shape index (κ1) is 19.2. The van der Waals surface area contributed by atoms with Gasteiger partial charge in [-0.2, -0.15) is 5.26 Å². The highest BCUT2D eigenvalue weighted by molar-refractivity contribution is 6.14. The van der Waals surface area contributed by atoms with Crippen molar-refractivity contribution in [1.29, 1.82) is 5.26 Å². The van der Waals surface area contributed by atoms with Gasteiger partial charge < -0.3 is 4.42 Å². The van der Waals surface area contributed by atoms with Gasteiger partial charge >= 0.3 is 0 Å². The summed E-state index contributed by atoms with van der Waals surface area (Å²) in [6.45, 7) is 2.06. The molecule has 1 fully saturated rings. The van der Waals surface area contributed by atoms with Crippen molar-refractivity contribution in [2.24, 2.45) is 18.9 Å². The van der Waals surface area contributed by atoms with Gasteiger partial charge in [0, 0.05) is 34.0 Å². The molecule has 3 aromatic carbocycles. The standard InChI is InChI=1S/C35H33N2O/c1-22-13-16-29-30-18-15-26(21-36)33(35(30)38-34(29)32(22)31-12-5-6-19-37(31)2)28-11-7-10-25-20-24(14-17-27(25)28)23-8-3-4-9-23/h5-7,10-13,15-16,18-19,23-24H,3-4,8-9,14,17,20H2,1-2H3/q+1/i17D2,20D2. The van der Waals surface area contributed by atoms with Crippen LogP contribution in [0.2, 0.25) is 0 Å². The number of hydrogen-bond acceptors (Lipinski definition) is 2. The zero-order valence-corrected chi connectivity index (χ0v) is 21.8. The summed E-state index contributed by atoms with van der Waals surface area (Å²) in [6, 6.07) is 21.6. The normalized spacial score (nSPS) is 21.9. The van der Waals surface area contributed by atoms with Crippen LogP contribution in [0.15, 0.2) is 71.3 Å². The van der Waals surface area contributed by atoms with Crippen LogP contribution in [0, 0.1) is 30.1 Å². The molecule has 1 atom stereocenters. The smallest absolute Gasteiger partial charge is 0.216 e. The molecule has 3 nitrogen and oxygen atoms in total. The van der Waals surface area contributed by atoms with Crippen LogP contribution >= 0.6 is 0 Å². The summed E-state index contributed by atoms with van der Waals surface area (Å²) in [7, 11) is 2.00. The molecule has 0 bridgehead atoms. The number of furan rings is 1. The van der Waals surface area contributed by atoms with Gasteiger partial charge in [0.25, 0.3) is 0 Å². The van der Waals surface area contributed by atoms with E-state index in [-0.39, 0.29) is 18.3 Å². The van der Waals surface area contributed by atoms with Crippen LogP contribution in [-0.2, 0) is 19.8 Å². The van der Waals surface area contributed by atoms with Gasteiger partial charge in [0.1, 0.15) is 18.2 Å². The third-order valence-electron chi connectivity index (χ3n) is 8.59. The number of aromatic nitrogens is 1. The van der Waals surface area contributed by atoms with E-state index >= 15 is 0 Å². The van der Waals surface area contributed by atoms with E-state index in [4.69, 9.17) is 4.42 Å². The summed E-state index contributed by atoms with van der Waals surface area (Å²) in [5.41, 5.74) is 6.47. The van der Waals surface area contributed by atoms with Gasteiger partial charge in [-0.05, 0) is 78.4 Å². The van der Waals surface area contributed by atoms with Crippen molar-refractivity contribution in [2.75, 3.05) is 0 Å². The molecule has 0 saturated heterocycles. The lowest BCUT2D eigenvalue weighted by Crippen LogP contribution is -2.30. The second kappa shape index (κ2) is 9.14. The Labute approximate surface area is 230 Å². The van der Waals surface area contributed by atoms with Crippen LogP contribution in [0.3, 0.4) is 0 Å². The minimum absolute atomic E-state index is 0.126. The van der Waals surface area contributed by atoms with E-state index < -0.39 is 12.7 Å². The highest BCUT2D eigenvalue weighted by Crippen LogP contribution is 2.45. The summed E-state index contributed by atoms with van der Waals surface area (Å²) >= 11 is 0. The lowest BCUT2D eigenvalue weighted by Gasteiger charge is -2.30. The molecule has 2 heterocycles. The van der Waals surface area contributed by atoms with E-state index in [0.29, 0.717) is 39.0 Å². The van der Waals surface area contributed by atoms with E-state index in [1.54, 1.807) is 18.2 Å². The molecule has 2 aromatic heterocycles. The summed E-state index contributed by atoms with van der Waals surface area (Å²) in [5.74, 6) is -0.200. The van der Waals surface area contributed by atoms with Gasteiger partial charge in [0.2, 0.25) is 5.69 Å². The average Bonchev–Trinajstić information content (AvgIpc) is 3.63. The molecule has 1 saturated carbocycles. The number of hydrogen-bond donors (Lipinski definition) is 0. The largest absolute Gasteiger partial charge is 0.454 e. The number of rotatable bonds is 3. The second-order valence-electron chi connectivity index (χ2n) is 10.8. The number of fused-ring (bicyclic) bond motifs is 4. The molecule has 0 amide bonds. The van der Waals surface area contributed by atoms with E-state index in [2.05, 4.69) is 29.7 Å². The molecule has 7 rings (SSSR count). The second-order valence-corrected chi connectivity index (χ2v) is 10.8. The van der Waals surface area contributed by atoms with Gasteiger partial charge in [-0.25, -0.2) is 4.57 Å². The van der Waals surface area contributed by atoms with E-state index in [1.807, 2.05) is 43.6 Å². The number of benzene rings is 3. The van der Waals surface area contributed by atoms with Crippen LogP contribution in [0.1, 0.15) is 59.8 Å². The molecule has 188 valence electrons. The monoisotopic (exact) mass is 501 g/mol. The Morgan fingerprint density at radius 2 is 1.68 bits per heavy atom. The van der Waals surface area contributed by atoms with Crippen LogP contribution in [0.5, 0.6) is 0 Å². The van der Waals surface area contributed by atoms with Crippen molar-refractivity contribution >= 4 is 21.9 Å². The van der Waals surface area contributed by atoms with Crippen molar-refractivity contribution < 1.29 is 14.5 Å². The number of aryl methyl sites for hydroxylation is 2. The molecular formula is C35H33N2O+. The molecule has 3 heteroatoms. The Morgan fingerprint density at radius 3 is 2.47 bits per heavy atom. The van der Waals surface area contributed by atoms with E-state index in [1.165, 1.54) is 0 Å². The number of nitriles is 1. The Morgan fingerprint density at radius 1 is 0.895 bits per heavy atom. The fraction of sp³-hybridized carbons (Fsp3) is 0.314. The predicted molar refractivity (Wildman–Crippen MR) is 153 cm³/mol. The van der Waals surface area contributed by atoms with E-state index in [0.717, 1.165) is 53.3 Å². The molecule has 0 N–H and O–H groups in total. The minimum atomic E-state index is -1.76. The van der Waals surface area contributed by atoms with Crippen LogP contribution in [-0.4, -0.2) is 0 Å². The maximum absolute atomic E-state index is 10.3. The fourth-order valence-corrected chi connectivity index (χ4v) is 6.64. The Hall–Kier alpha value is -3.90. The summed E-state index contributed by atoms with van der Waals surface area (Å²) in [6.07, 6.45) is 2.75. The van der Waals surface area contributed by atoms with Gasteiger partial charge in [0.15, 0.2) is 6.20 Å². The molecule has 2 aliphatic carbocycles. The first-order valence-corrected chi connectivity index (χ1v) is 13.6. The van der Waals surface area contributed by atoms with Crippen LogP contribution in [0.4, 0.5) is 0 Å². The first-order valence-electron chi connectivity index (χ1n) is 15.6. The van der Waals surface area contributed by atoms with Crippen molar-refractivity contribution in [3.8, 4) is 28.5 Å². The summed E-state index contributed by atoms with van der Waals surface area (Å²) in [5, 5.41) is 12.1. The predicted octanol–water partition coefficient (Wildman–Crippen LogP) is 8.22. The van der Waals surface area contributed by atoms with Crippen LogP contribution in [0.25, 0.3) is 44.3 Å². The van der Waals surface area contributed by atoms with Gasteiger partial charge in [-0.3, -0.25) is 0 Å².